The van der Waals surface area contributed by atoms with Gasteiger partial charge in [0.1, 0.15) is 6.07 Å². The predicted octanol–water partition coefficient (Wildman–Crippen LogP) is 3.58. The van der Waals surface area contributed by atoms with Crippen LogP contribution in [0.3, 0.4) is 0 Å². The summed E-state index contributed by atoms with van der Waals surface area (Å²) in [4.78, 5) is 13.3. The molecular formula is C26H35N3O3. The summed E-state index contributed by atoms with van der Waals surface area (Å²) >= 11 is 0. The third-order valence-corrected chi connectivity index (χ3v) is 10.8. The zero-order valence-corrected chi connectivity index (χ0v) is 19.2. The summed E-state index contributed by atoms with van der Waals surface area (Å²) in [6, 6.07) is 2.09. The maximum atomic E-state index is 13.3. The molecule has 0 bridgehead atoms. The number of aromatic nitrogens is 2. The predicted molar refractivity (Wildman–Crippen MR) is 117 cm³/mol. The zero-order chi connectivity index (χ0) is 22.3. The van der Waals surface area contributed by atoms with E-state index in [1.165, 1.54) is 31.9 Å². The Morgan fingerprint density at radius 1 is 1.19 bits per heavy atom. The molecule has 1 aromatic rings. The second-order valence-electron chi connectivity index (χ2n) is 11.7. The van der Waals surface area contributed by atoms with Crippen LogP contribution in [-0.2, 0) is 16.1 Å². The number of rotatable bonds is 4. The average Bonchev–Trinajstić information content (AvgIpc) is 3.05. The molecule has 1 aromatic heterocycles. The third kappa shape index (κ3) is 2.77. The van der Waals surface area contributed by atoms with E-state index in [0.29, 0.717) is 29.1 Å². The lowest BCUT2D eigenvalue weighted by Crippen LogP contribution is -2.50. The van der Waals surface area contributed by atoms with E-state index in [4.69, 9.17) is 10.00 Å². The number of carbonyl (C=O) groups excluding carboxylic acids is 1. The summed E-state index contributed by atoms with van der Waals surface area (Å²) in [6.45, 7) is 2.67. The number of Topliss-reactive ketones (excluding diaryl/α,β-unsaturated/α-hetero) is 1. The Labute approximate surface area is 190 Å². The van der Waals surface area contributed by atoms with Gasteiger partial charge in [0.15, 0.2) is 5.78 Å². The molecule has 0 aromatic carbocycles. The van der Waals surface area contributed by atoms with E-state index in [9.17, 15) is 9.90 Å². The summed E-state index contributed by atoms with van der Waals surface area (Å²) in [5.74, 6) is 4.23. The van der Waals surface area contributed by atoms with Crippen molar-refractivity contribution >= 4 is 5.78 Å². The molecule has 5 aliphatic carbocycles. The summed E-state index contributed by atoms with van der Waals surface area (Å²) in [5, 5.41) is 24.2. The zero-order valence-electron chi connectivity index (χ0n) is 19.2. The van der Waals surface area contributed by atoms with Crippen LogP contribution in [-0.4, -0.2) is 39.5 Å². The Bertz CT molecular complexity index is 968. The van der Waals surface area contributed by atoms with Crippen LogP contribution >= 0.6 is 0 Å². The fourth-order valence-electron chi connectivity index (χ4n) is 9.43. The van der Waals surface area contributed by atoms with E-state index in [0.717, 1.165) is 43.4 Å². The summed E-state index contributed by atoms with van der Waals surface area (Å²) < 4.78 is 7.31. The number of fused-ring (bicyclic) bond motifs is 7. The quantitative estimate of drug-likeness (QED) is 0.778. The number of nitriles is 1. The molecule has 1 N–H and O–H groups in total. The van der Waals surface area contributed by atoms with E-state index >= 15 is 0 Å². The lowest BCUT2D eigenvalue weighted by atomic mass is 9.49. The maximum Gasteiger partial charge on any atom is 0.157 e. The van der Waals surface area contributed by atoms with E-state index in [-0.39, 0.29) is 24.0 Å². The van der Waals surface area contributed by atoms with Crippen molar-refractivity contribution in [3.8, 4) is 6.07 Å². The van der Waals surface area contributed by atoms with Gasteiger partial charge in [-0.15, -0.1) is 0 Å². The van der Waals surface area contributed by atoms with E-state index < -0.39 is 5.60 Å². The van der Waals surface area contributed by atoms with Crippen molar-refractivity contribution in [2.24, 2.45) is 46.8 Å². The van der Waals surface area contributed by atoms with Gasteiger partial charge < -0.3 is 9.84 Å². The Hall–Kier alpha value is -1.71. The van der Waals surface area contributed by atoms with Gasteiger partial charge in [0.2, 0.25) is 0 Å². The van der Waals surface area contributed by atoms with Crippen LogP contribution in [0.4, 0.5) is 0 Å². The number of methoxy groups -OCH3 is 1. The van der Waals surface area contributed by atoms with Crippen molar-refractivity contribution in [3.63, 3.8) is 0 Å². The van der Waals surface area contributed by atoms with Crippen molar-refractivity contribution in [3.05, 3.63) is 18.0 Å². The van der Waals surface area contributed by atoms with Crippen molar-refractivity contribution in [1.82, 2.24) is 9.78 Å². The van der Waals surface area contributed by atoms with Crippen LogP contribution in [0.15, 0.2) is 12.4 Å². The van der Waals surface area contributed by atoms with Crippen molar-refractivity contribution < 1.29 is 14.6 Å². The van der Waals surface area contributed by atoms with Crippen LogP contribution in [0.5, 0.6) is 0 Å². The topological polar surface area (TPSA) is 88.1 Å². The van der Waals surface area contributed by atoms with E-state index in [1.807, 2.05) is 0 Å². The summed E-state index contributed by atoms with van der Waals surface area (Å²) in [6.07, 6.45) is 12.3. The number of ketones is 1. The van der Waals surface area contributed by atoms with Crippen LogP contribution in [0.2, 0.25) is 0 Å². The minimum atomic E-state index is -0.547. The molecule has 5 aliphatic rings. The van der Waals surface area contributed by atoms with E-state index in [1.54, 1.807) is 18.0 Å². The summed E-state index contributed by atoms with van der Waals surface area (Å²) in [5.41, 5.74) is 0.0612. The van der Waals surface area contributed by atoms with Gasteiger partial charge in [-0.05, 0) is 86.4 Å². The van der Waals surface area contributed by atoms with E-state index in [2.05, 4.69) is 18.1 Å². The highest BCUT2D eigenvalue weighted by Crippen LogP contribution is 2.69. The number of hydrogen-bond donors (Lipinski definition) is 1. The molecule has 32 heavy (non-hydrogen) atoms. The molecule has 5 fully saturated rings. The fraction of sp³-hybridized carbons (Fsp3) is 0.808. The second-order valence-corrected chi connectivity index (χ2v) is 11.7. The molecule has 0 spiro atoms. The highest BCUT2D eigenvalue weighted by Gasteiger charge is 2.72. The van der Waals surface area contributed by atoms with Crippen molar-refractivity contribution in [2.45, 2.75) is 76.5 Å². The smallest absolute Gasteiger partial charge is 0.157 e. The SMILES string of the molecule is COC1C2[C@@H]3CC[C@@H]4[C@H](CC[C@]5(C)[C@@H](C(=O)Cn6cc(C#N)cn6)CC[C@@H]45)[C@H]3CC[C@]12O. The molecule has 6 rings (SSSR count). The largest absolute Gasteiger partial charge is 0.387 e. The van der Waals surface area contributed by atoms with Gasteiger partial charge in [0.05, 0.1) is 30.0 Å². The normalized spacial score (nSPS) is 48.7. The van der Waals surface area contributed by atoms with Crippen LogP contribution in [0.1, 0.15) is 63.9 Å². The first-order valence-corrected chi connectivity index (χ1v) is 12.6. The van der Waals surface area contributed by atoms with Gasteiger partial charge in [0, 0.05) is 25.1 Å². The molecule has 0 aliphatic heterocycles. The number of hydrogen-bond acceptors (Lipinski definition) is 5. The molecule has 5 saturated carbocycles. The minimum absolute atomic E-state index is 0.0558. The number of ether oxygens (including phenoxy) is 1. The number of carbonyl (C=O) groups is 1. The molecule has 10 atom stereocenters. The Morgan fingerprint density at radius 2 is 1.94 bits per heavy atom. The lowest BCUT2D eigenvalue weighted by molar-refractivity contribution is -0.131. The monoisotopic (exact) mass is 437 g/mol. The molecule has 6 heteroatoms. The minimum Gasteiger partial charge on any atom is -0.387 e. The fourth-order valence-corrected chi connectivity index (χ4v) is 9.43. The maximum absolute atomic E-state index is 13.3. The highest BCUT2D eigenvalue weighted by atomic mass is 16.5. The van der Waals surface area contributed by atoms with Gasteiger partial charge in [-0.3, -0.25) is 9.48 Å². The first kappa shape index (κ1) is 20.9. The molecule has 0 amide bonds. The highest BCUT2D eigenvalue weighted by molar-refractivity contribution is 5.82. The standard InChI is InChI=1S/C26H35N3O3/c1-25-9-7-16-17-8-10-26(31)23(24(26)32-2)19(17)4-3-18(16)20(25)5-6-21(25)22(30)14-29-13-15(11-27)12-28-29/h12-13,16-21,23-24,31H,3-10,14H2,1-2H3/t16-,17-,18-,19-,20+,21-,23?,24?,25+,26-/m1/s1. The van der Waals surface area contributed by atoms with Gasteiger partial charge in [-0.1, -0.05) is 6.92 Å². The van der Waals surface area contributed by atoms with Crippen molar-refractivity contribution in [1.29, 1.82) is 5.26 Å². The lowest BCUT2D eigenvalue weighted by Gasteiger charge is -2.55. The van der Waals surface area contributed by atoms with Gasteiger partial charge in [-0.2, -0.15) is 10.4 Å². The van der Waals surface area contributed by atoms with Crippen LogP contribution in [0.25, 0.3) is 0 Å². The van der Waals surface area contributed by atoms with Gasteiger partial charge >= 0.3 is 0 Å². The first-order chi connectivity index (χ1) is 15.4. The molecule has 6 nitrogen and oxygen atoms in total. The second kappa shape index (κ2) is 7.14. The molecule has 2 unspecified atom stereocenters. The Kier molecular flexibility index (Phi) is 4.66. The molecule has 0 saturated heterocycles. The van der Waals surface area contributed by atoms with Gasteiger partial charge in [0.25, 0.3) is 0 Å². The van der Waals surface area contributed by atoms with Crippen LogP contribution < -0.4 is 0 Å². The number of aliphatic hydroxyl groups is 1. The molecule has 0 radical (unpaired) electrons. The molecular weight excluding hydrogens is 402 g/mol. The Morgan fingerprint density at radius 3 is 2.69 bits per heavy atom. The number of nitrogens with zero attached hydrogens (tertiary/aromatic N) is 3. The molecule has 172 valence electrons. The van der Waals surface area contributed by atoms with Crippen LogP contribution in [0, 0.1) is 58.2 Å². The Balaban J connectivity index is 1.18. The van der Waals surface area contributed by atoms with Gasteiger partial charge in [-0.25, -0.2) is 0 Å². The first-order valence-electron chi connectivity index (χ1n) is 12.6. The molecule has 1 heterocycles. The van der Waals surface area contributed by atoms with Crippen molar-refractivity contribution in [2.75, 3.05) is 7.11 Å². The third-order valence-electron chi connectivity index (χ3n) is 10.8. The average molecular weight is 438 g/mol. The summed E-state index contributed by atoms with van der Waals surface area (Å²) in [7, 11) is 1.76.